The predicted octanol–water partition coefficient (Wildman–Crippen LogP) is 6.35. The van der Waals surface area contributed by atoms with Gasteiger partial charge >= 0.3 is 0 Å². The second-order valence-electron chi connectivity index (χ2n) is 9.42. The smallest absolute Gasteiger partial charge is 0.292 e. The van der Waals surface area contributed by atoms with Gasteiger partial charge in [0.1, 0.15) is 11.4 Å². The molecule has 5 aromatic carbocycles. The van der Waals surface area contributed by atoms with E-state index in [1.807, 2.05) is 0 Å². The van der Waals surface area contributed by atoms with Crippen molar-refractivity contribution in [3.63, 3.8) is 0 Å². The normalized spacial score (nSPS) is 11.6. The Morgan fingerprint density at radius 2 is 1.05 bits per heavy atom. The molecule has 0 spiro atoms. The van der Waals surface area contributed by atoms with Crippen LogP contribution < -0.4 is 21.2 Å². The molecular formula is C34H26N3O5P. The first-order valence-electron chi connectivity index (χ1n) is 13.3. The van der Waals surface area contributed by atoms with Crippen LogP contribution in [0.2, 0.25) is 0 Å². The molecular weight excluding hydrogens is 561 g/mol. The third-order valence-electron chi connectivity index (χ3n) is 6.69. The molecule has 0 saturated carbocycles. The van der Waals surface area contributed by atoms with Crippen LogP contribution in [0.25, 0.3) is 5.31 Å². The highest BCUT2D eigenvalue weighted by molar-refractivity contribution is 7.87. The van der Waals surface area contributed by atoms with E-state index < -0.39 is 23.9 Å². The first kappa shape index (κ1) is 28.9. The molecule has 212 valence electrons. The summed E-state index contributed by atoms with van der Waals surface area (Å²) in [6, 6.07) is 40.1. The van der Waals surface area contributed by atoms with Gasteiger partial charge in [-0.3, -0.25) is 19.7 Å². The van der Waals surface area contributed by atoms with Gasteiger partial charge in [-0.15, -0.1) is 0 Å². The zero-order valence-electron chi connectivity index (χ0n) is 22.8. The lowest BCUT2D eigenvalue weighted by atomic mass is 10.1. The molecule has 0 heterocycles. The van der Waals surface area contributed by atoms with E-state index in [0.717, 1.165) is 0 Å². The summed E-state index contributed by atoms with van der Waals surface area (Å²) in [5, 5.41) is 18.0. The van der Waals surface area contributed by atoms with E-state index in [1.54, 1.807) is 127 Å². The second kappa shape index (κ2) is 12.9. The maximum Gasteiger partial charge on any atom is 0.292 e. The van der Waals surface area contributed by atoms with E-state index >= 15 is 4.57 Å². The van der Waals surface area contributed by atoms with Crippen molar-refractivity contribution in [1.82, 2.24) is 5.32 Å². The molecule has 0 saturated heterocycles. The van der Waals surface area contributed by atoms with Gasteiger partial charge in [-0.2, -0.15) is 0 Å². The Morgan fingerprint density at radius 1 is 0.605 bits per heavy atom. The van der Waals surface area contributed by atoms with E-state index in [2.05, 4.69) is 10.6 Å². The summed E-state index contributed by atoms with van der Waals surface area (Å²) in [4.78, 5) is 39.0. The van der Waals surface area contributed by atoms with Gasteiger partial charge in [0.25, 0.3) is 17.5 Å². The van der Waals surface area contributed by atoms with Crippen LogP contribution in [-0.2, 0) is 9.36 Å². The van der Waals surface area contributed by atoms with Gasteiger partial charge in [0.15, 0.2) is 7.14 Å². The number of nitro groups is 1. The molecule has 0 aliphatic rings. The van der Waals surface area contributed by atoms with Crippen LogP contribution in [0.1, 0.15) is 15.9 Å². The zero-order chi connectivity index (χ0) is 30.2. The minimum absolute atomic E-state index is 0.0749. The third-order valence-corrected chi connectivity index (χ3v) is 9.85. The van der Waals surface area contributed by atoms with Crippen molar-refractivity contribution in [2.24, 2.45) is 0 Å². The Morgan fingerprint density at radius 3 is 1.56 bits per heavy atom. The molecule has 0 aliphatic heterocycles. The van der Waals surface area contributed by atoms with Crippen molar-refractivity contribution in [2.75, 3.05) is 5.32 Å². The maximum atomic E-state index is 15.7. The number of nitro benzene ring substituents is 1. The van der Waals surface area contributed by atoms with Gasteiger partial charge in [0.2, 0.25) is 0 Å². The van der Waals surface area contributed by atoms with E-state index in [4.69, 9.17) is 0 Å². The predicted molar refractivity (Wildman–Crippen MR) is 169 cm³/mol. The lowest BCUT2D eigenvalue weighted by molar-refractivity contribution is -0.383. The summed E-state index contributed by atoms with van der Waals surface area (Å²) in [6.07, 6.45) is 0. The molecule has 0 bridgehead atoms. The number of amides is 2. The van der Waals surface area contributed by atoms with Crippen molar-refractivity contribution < 1.29 is 19.1 Å². The monoisotopic (exact) mass is 587 g/mol. The van der Waals surface area contributed by atoms with Crippen LogP contribution in [0.3, 0.4) is 0 Å². The number of hydrogen-bond donors (Lipinski definition) is 2. The first-order valence-corrected chi connectivity index (χ1v) is 15.0. The first-order chi connectivity index (χ1) is 20.9. The highest BCUT2D eigenvalue weighted by Crippen LogP contribution is 2.57. The Balaban J connectivity index is 1.82. The maximum absolute atomic E-state index is 15.7. The highest BCUT2D eigenvalue weighted by atomic mass is 31.2. The van der Waals surface area contributed by atoms with Gasteiger partial charge in [-0.1, -0.05) is 121 Å². The minimum Gasteiger partial charge on any atom is -0.317 e. The van der Waals surface area contributed by atoms with Crippen LogP contribution in [0.5, 0.6) is 0 Å². The number of anilines is 1. The van der Waals surface area contributed by atoms with Gasteiger partial charge in [0, 0.05) is 22.2 Å². The Hall–Kier alpha value is -5.59. The van der Waals surface area contributed by atoms with E-state index in [9.17, 15) is 19.7 Å². The Bertz CT molecular complexity index is 1800. The molecule has 0 fully saturated rings. The quantitative estimate of drug-likeness (QED) is 0.0902. The highest BCUT2D eigenvalue weighted by Gasteiger charge is 2.38. The fourth-order valence-corrected chi connectivity index (χ4v) is 7.67. The molecule has 8 nitrogen and oxygen atoms in total. The average molecular weight is 588 g/mol. The Kier molecular flexibility index (Phi) is 8.70. The molecule has 0 atom stereocenters. The number of rotatable bonds is 9. The molecule has 2 N–H and O–H groups in total. The number of benzene rings is 5. The lowest BCUT2D eigenvalue weighted by Crippen LogP contribution is -2.33. The fourth-order valence-electron chi connectivity index (χ4n) is 4.68. The molecule has 2 amide bonds. The zero-order valence-corrected chi connectivity index (χ0v) is 23.7. The number of carbonyl (C=O) groups is 2. The summed E-state index contributed by atoms with van der Waals surface area (Å²) in [5.41, 5.74) is -0.0141. The summed E-state index contributed by atoms with van der Waals surface area (Å²) >= 11 is 0. The van der Waals surface area contributed by atoms with Gasteiger partial charge < -0.3 is 15.2 Å². The molecule has 43 heavy (non-hydrogen) atoms. The number of nitrogens with one attached hydrogen (secondary N) is 2. The lowest BCUT2D eigenvalue weighted by Gasteiger charge is -2.26. The molecule has 0 radical (unpaired) electrons. The van der Waals surface area contributed by atoms with Crippen LogP contribution in [0.4, 0.5) is 11.4 Å². The molecule has 0 aromatic heterocycles. The fraction of sp³-hybridized carbons (Fsp3) is 0. The largest absolute Gasteiger partial charge is 0.317 e. The standard InChI is InChI=1S/C34H26N3O5P/c38-33(26-17-7-2-8-18-26)36-31(34(39)35-29-23-13-14-24-30(29)37(40)41)32(25-15-5-1-6-16-25)43(42,27-19-9-3-10-20-27)28-21-11-4-12-22-28/h1-24H,(H,35,39)(H,36,38)/b32-31+. The van der Waals surface area contributed by atoms with E-state index in [1.165, 1.54) is 18.2 Å². The summed E-state index contributed by atoms with van der Waals surface area (Å²) in [5.74, 6) is -1.49. The second-order valence-corrected chi connectivity index (χ2v) is 12.1. The van der Waals surface area contributed by atoms with Crippen molar-refractivity contribution in [2.45, 2.75) is 0 Å². The molecule has 0 aliphatic carbocycles. The van der Waals surface area contributed by atoms with E-state index in [-0.39, 0.29) is 27.9 Å². The van der Waals surface area contributed by atoms with Crippen LogP contribution in [0, 0.1) is 10.1 Å². The topological polar surface area (TPSA) is 118 Å². The van der Waals surface area contributed by atoms with Crippen molar-refractivity contribution in [1.29, 1.82) is 0 Å². The molecule has 5 rings (SSSR count). The molecule has 0 unspecified atom stereocenters. The van der Waals surface area contributed by atoms with Crippen molar-refractivity contribution in [3.05, 3.63) is 173 Å². The minimum atomic E-state index is -3.88. The summed E-state index contributed by atoms with van der Waals surface area (Å²) < 4.78 is 15.7. The number of carbonyl (C=O) groups excluding carboxylic acids is 2. The van der Waals surface area contributed by atoms with Crippen molar-refractivity contribution >= 4 is 46.3 Å². The molecule has 9 heteroatoms. The average Bonchev–Trinajstić information content (AvgIpc) is 3.06. The van der Waals surface area contributed by atoms with Crippen molar-refractivity contribution in [3.8, 4) is 0 Å². The number of hydrogen-bond acceptors (Lipinski definition) is 5. The van der Waals surface area contributed by atoms with E-state index in [0.29, 0.717) is 16.2 Å². The van der Waals surface area contributed by atoms with Crippen LogP contribution >= 0.6 is 7.14 Å². The number of nitrogens with zero attached hydrogens (tertiary/aromatic N) is 1. The SMILES string of the molecule is O=C(Nc1ccccc1[N+](=O)[O-])/C(NC(=O)c1ccccc1)=C(/c1ccccc1)P(=O)(c1ccccc1)c1ccccc1. The van der Waals surface area contributed by atoms with Gasteiger partial charge in [-0.25, -0.2) is 0 Å². The summed E-state index contributed by atoms with van der Waals surface area (Å²) in [7, 11) is -3.88. The third kappa shape index (κ3) is 6.20. The van der Waals surface area contributed by atoms with Gasteiger partial charge in [-0.05, 0) is 23.8 Å². The molecule has 5 aromatic rings. The van der Waals surface area contributed by atoms with Crippen LogP contribution in [0.15, 0.2) is 151 Å². The van der Waals surface area contributed by atoms with Gasteiger partial charge in [0.05, 0.1) is 10.2 Å². The summed E-state index contributed by atoms with van der Waals surface area (Å²) in [6.45, 7) is 0. The van der Waals surface area contributed by atoms with Crippen LogP contribution in [-0.4, -0.2) is 16.7 Å². The Labute approximate surface area is 248 Å². The number of para-hydroxylation sites is 2.